The number of tetrazole rings is 1. The number of carboxylic acid groups (broad SMARTS) is 1. The molecule has 1 heterocycles. The molecule has 0 amide bonds. The predicted octanol–water partition coefficient (Wildman–Crippen LogP) is 0.864. The van der Waals surface area contributed by atoms with Gasteiger partial charge in [0.05, 0.1) is 5.69 Å². The van der Waals surface area contributed by atoms with E-state index in [9.17, 15) is 9.59 Å². The molecule has 0 bridgehead atoms. The molecule has 22 heavy (non-hydrogen) atoms. The molecule has 9 nitrogen and oxygen atoms in total. The molecule has 1 aromatic heterocycles. The number of hydrogen-bond acceptors (Lipinski definition) is 8. The minimum absolute atomic E-state index is 0.116. The Morgan fingerprint density at radius 3 is 2.73 bits per heavy atom. The number of hydrogen-bond donors (Lipinski definition) is 2. The van der Waals surface area contributed by atoms with Crippen LogP contribution in [0.15, 0.2) is 40.6 Å². The van der Waals surface area contributed by atoms with Crippen LogP contribution in [0.3, 0.4) is 0 Å². The van der Waals surface area contributed by atoms with Gasteiger partial charge in [0.1, 0.15) is 6.54 Å². The van der Waals surface area contributed by atoms with Crippen molar-refractivity contribution in [2.24, 2.45) is 5.10 Å². The van der Waals surface area contributed by atoms with Crippen LogP contribution in [0.2, 0.25) is 0 Å². The van der Waals surface area contributed by atoms with Gasteiger partial charge in [-0.25, -0.2) is 4.68 Å². The molecule has 2 aromatic rings. The Bertz CT molecular complexity index is 700. The molecule has 114 valence electrons. The van der Waals surface area contributed by atoms with E-state index in [2.05, 4.69) is 26.1 Å². The van der Waals surface area contributed by atoms with E-state index < -0.39 is 12.5 Å². The van der Waals surface area contributed by atoms with Gasteiger partial charge >= 0.3 is 5.97 Å². The summed E-state index contributed by atoms with van der Waals surface area (Å²) in [6.07, 6.45) is 0. The number of aromatic nitrogens is 4. The summed E-state index contributed by atoms with van der Waals surface area (Å²) in [5.74, 6) is -1.38. The molecule has 0 aliphatic carbocycles. The highest BCUT2D eigenvalue weighted by molar-refractivity contribution is 8.15. The van der Waals surface area contributed by atoms with E-state index in [0.717, 1.165) is 16.4 Å². The number of hydrazone groups is 1. The number of nitrogens with zero attached hydrogens (tertiary/aromatic N) is 5. The smallest absolute Gasteiger partial charge is 0.325 e. The topological polar surface area (TPSA) is 122 Å². The van der Waals surface area contributed by atoms with Crippen molar-refractivity contribution in [1.29, 1.82) is 0 Å². The Morgan fingerprint density at radius 2 is 2.09 bits per heavy atom. The van der Waals surface area contributed by atoms with Crippen LogP contribution in [0.25, 0.3) is 0 Å². The lowest BCUT2D eigenvalue weighted by molar-refractivity contribution is -0.138. The zero-order valence-corrected chi connectivity index (χ0v) is 12.3. The van der Waals surface area contributed by atoms with Gasteiger partial charge in [-0.15, -0.1) is 5.10 Å². The number of Topliss-reactive ketones (excluding diaryl/α,β-unsaturated/α-hetero) is 1. The van der Waals surface area contributed by atoms with Crippen LogP contribution >= 0.6 is 11.8 Å². The van der Waals surface area contributed by atoms with Gasteiger partial charge in [0.25, 0.3) is 0 Å². The van der Waals surface area contributed by atoms with Gasteiger partial charge in [-0.05, 0) is 34.3 Å². The number of anilines is 1. The summed E-state index contributed by atoms with van der Waals surface area (Å²) in [4.78, 5) is 22.4. The maximum Gasteiger partial charge on any atom is 0.325 e. The first-order valence-corrected chi connectivity index (χ1v) is 6.93. The summed E-state index contributed by atoms with van der Waals surface area (Å²) in [5.41, 5.74) is 3.47. The second kappa shape index (κ2) is 7.31. The molecular weight excluding hydrogens is 308 g/mol. The standard InChI is InChI=1S/C12H12N6O3S/c1-8(19)11(14-13-9-5-3-2-4-6-9)22-12-15-16-17-18(12)7-10(20)21/h2-6,13H,7H2,1H3,(H,20,21)/b14-11+. The van der Waals surface area contributed by atoms with E-state index in [1.165, 1.54) is 6.92 Å². The van der Waals surface area contributed by atoms with Gasteiger partial charge in [-0.3, -0.25) is 15.0 Å². The first-order valence-electron chi connectivity index (χ1n) is 6.11. The summed E-state index contributed by atoms with van der Waals surface area (Å²) >= 11 is 0.893. The van der Waals surface area contributed by atoms with Gasteiger partial charge in [0, 0.05) is 6.92 Å². The first-order chi connectivity index (χ1) is 10.6. The van der Waals surface area contributed by atoms with Crippen molar-refractivity contribution in [1.82, 2.24) is 20.2 Å². The van der Waals surface area contributed by atoms with E-state index in [-0.39, 0.29) is 16.0 Å². The van der Waals surface area contributed by atoms with Crippen molar-refractivity contribution in [3.05, 3.63) is 30.3 Å². The molecule has 0 saturated carbocycles. The Balaban J connectivity index is 2.14. The molecule has 1 aromatic carbocycles. The van der Waals surface area contributed by atoms with Crippen molar-refractivity contribution in [2.75, 3.05) is 5.43 Å². The molecule has 0 unspecified atom stereocenters. The molecule has 0 atom stereocenters. The molecule has 2 N–H and O–H groups in total. The van der Waals surface area contributed by atoms with Gasteiger partial charge < -0.3 is 5.11 Å². The number of aliphatic carboxylic acids is 1. The van der Waals surface area contributed by atoms with Gasteiger partial charge in [0.2, 0.25) is 5.16 Å². The zero-order valence-electron chi connectivity index (χ0n) is 11.5. The highest BCUT2D eigenvalue weighted by Crippen LogP contribution is 2.17. The van der Waals surface area contributed by atoms with E-state index in [0.29, 0.717) is 5.69 Å². The van der Waals surface area contributed by atoms with Crippen LogP contribution < -0.4 is 5.43 Å². The average molecular weight is 320 g/mol. The molecule has 0 spiro atoms. The number of thioether (sulfide) groups is 1. The molecule has 0 fully saturated rings. The summed E-state index contributed by atoms with van der Waals surface area (Å²) in [6.45, 7) is 0.955. The summed E-state index contributed by atoms with van der Waals surface area (Å²) in [7, 11) is 0. The van der Waals surface area contributed by atoms with Crippen LogP contribution in [0.5, 0.6) is 0 Å². The highest BCUT2D eigenvalue weighted by atomic mass is 32.2. The van der Waals surface area contributed by atoms with Gasteiger partial charge in [0.15, 0.2) is 10.8 Å². The number of carbonyl (C=O) groups is 2. The summed E-state index contributed by atoms with van der Waals surface area (Å²) in [5, 5.41) is 23.7. The lowest BCUT2D eigenvalue weighted by atomic mass is 10.3. The SMILES string of the molecule is CC(=O)/C(=N\Nc1ccccc1)Sc1nnnn1CC(=O)O. The van der Waals surface area contributed by atoms with Crippen molar-refractivity contribution < 1.29 is 14.7 Å². The fourth-order valence-electron chi connectivity index (χ4n) is 1.38. The minimum atomic E-state index is -1.09. The van der Waals surface area contributed by atoms with Crippen molar-refractivity contribution in [2.45, 2.75) is 18.6 Å². The normalized spacial score (nSPS) is 11.2. The third-order valence-electron chi connectivity index (χ3n) is 2.33. The molecule has 0 saturated heterocycles. The third kappa shape index (κ3) is 4.38. The second-order valence-electron chi connectivity index (χ2n) is 4.07. The van der Waals surface area contributed by atoms with Gasteiger partial charge in [-0.1, -0.05) is 18.2 Å². The molecule has 2 rings (SSSR count). The largest absolute Gasteiger partial charge is 0.480 e. The van der Waals surface area contributed by atoms with Crippen LogP contribution in [-0.4, -0.2) is 42.1 Å². The quantitative estimate of drug-likeness (QED) is 0.348. The van der Waals surface area contributed by atoms with Crippen LogP contribution in [0.4, 0.5) is 5.69 Å². The number of ketones is 1. The van der Waals surface area contributed by atoms with E-state index in [1.807, 2.05) is 18.2 Å². The van der Waals surface area contributed by atoms with E-state index in [4.69, 9.17) is 5.11 Å². The van der Waals surface area contributed by atoms with E-state index in [1.54, 1.807) is 12.1 Å². The lowest BCUT2D eigenvalue weighted by Crippen LogP contribution is -2.14. The lowest BCUT2D eigenvalue weighted by Gasteiger charge is -2.04. The monoisotopic (exact) mass is 320 g/mol. The summed E-state index contributed by atoms with van der Waals surface area (Å²) < 4.78 is 1.08. The van der Waals surface area contributed by atoms with Crippen LogP contribution in [0, 0.1) is 0 Å². The Kier molecular flexibility index (Phi) is 5.20. The van der Waals surface area contributed by atoms with E-state index >= 15 is 0 Å². The Morgan fingerprint density at radius 1 is 1.36 bits per heavy atom. The number of para-hydroxylation sites is 1. The van der Waals surface area contributed by atoms with Crippen LogP contribution in [0.1, 0.15) is 6.92 Å². The van der Waals surface area contributed by atoms with Crippen molar-refractivity contribution in [3.8, 4) is 0 Å². The third-order valence-corrected chi connectivity index (χ3v) is 3.38. The maximum absolute atomic E-state index is 11.6. The number of carboxylic acids is 1. The minimum Gasteiger partial charge on any atom is -0.480 e. The molecule has 10 heteroatoms. The maximum atomic E-state index is 11.6. The molecule has 0 aliphatic rings. The predicted molar refractivity (Wildman–Crippen MR) is 79.5 cm³/mol. The van der Waals surface area contributed by atoms with Crippen molar-refractivity contribution in [3.63, 3.8) is 0 Å². The van der Waals surface area contributed by atoms with Gasteiger partial charge in [-0.2, -0.15) is 5.10 Å². The first kappa shape index (κ1) is 15.6. The molecule has 0 aliphatic heterocycles. The average Bonchev–Trinajstić information content (AvgIpc) is 2.90. The number of nitrogens with one attached hydrogen (secondary N) is 1. The number of benzene rings is 1. The fourth-order valence-corrected chi connectivity index (χ4v) is 2.08. The Hall–Kier alpha value is -2.75. The van der Waals surface area contributed by atoms with Crippen LogP contribution in [-0.2, 0) is 16.1 Å². The Labute approximate surface area is 129 Å². The summed E-state index contributed by atoms with van der Waals surface area (Å²) in [6, 6.07) is 9.09. The fraction of sp³-hybridized carbons (Fsp3) is 0.167. The highest BCUT2D eigenvalue weighted by Gasteiger charge is 2.16. The molecular formula is C12H12N6O3S. The van der Waals surface area contributed by atoms with Crippen molar-refractivity contribution >= 4 is 34.2 Å². The molecule has 0 radical (unpaired) electrons. The zero-order chi connectivity index (χ0) is 15.9. The second-order valence-corrected chi connectivity index (χ2v) is 5.02. The number of rotatable bonds is 6. The number of carbonyl (C=O) groups excluding carboxylic acids is 1.